The van der Waals surface area contributed by atoms with Crippen molar-refractivity contribution in [1.29, 1.82) is 0 Å². The number of carbonyl (C=O) groups is 3. The van der Waals surface area contributed by atoms with Gasteiger partial charge in [-0.15, -0.1) is 0 Å². The summed E-state index contributed by atoms with van der Waals surface area (Å²) in [6.07, 6.45) is 4.56. The number of hydrogen-bond donors (Lipinski definition) is 2. The van der Waals surface area contributed by atoms with E-state index in [0.29, 0.717) is 24.5 Å². The molecule has 0 spiro atoms. The summed E-state index contributed by atoms with van der Waals surface area (Å²) in [5, 5.41) is 15.9. The quantitative estimate of drug-likeness (QED) is 0.402. The Hall–Kier alpha value is -2.37. The molecule has 0 aromatic heterocycles. The Labute approximate surface area is 138 Å². The molecule has 0 fully saturated rings. The Morgan fingerprint density at radius 3 is 1.83 bits per heavy atom. The van der Waals surface area contributed by atoms with Gasteiger partial charge >= 0.3 is 17.9 Å². The third kappa shape index (κ3) is 28.5. The van der Waals surface area contributed by atoms with Gasteiger partial charge in [0.1, 0.15) is 0 Å². The van der Waals surface area contributed by atoms with Crippen molar-refractivity contribution < 1.29 is 29.3 Å². The maximum atomic E-state index is 10.3. The SMILES string of the molecule is C=C(CC(C)C)C(=O)O.C=CC(=O)O.C=CC(=O)OCCCC. The van der Waals surface area contributed by atoms with Crippen LogP contribution in [0.25, 0.3) is 0 Å². The maximum absolute atomic E-state index is 10.3. The molecule has 6 heteroatoms. The van der Waals surface area contributed by atoms with E-state index >= 15 is 0 Å². The first-order valence-electron chi connectivity index (χ1n) is 7.17. The van der Waals surface area contributed by atoms with E-state index in [9.17, 15) is 14.4 Å². The second-order valence-electron chi connectivity index (χ2n) is 4.77. The van der Waals surface area contributed by atoms with Crippen LogP contribution in [-0.4, -0.2) is 34.7 Å². The molecule has 23 heavy (non-hydrogen) atoms. The molecule has 0 bridgehead atoms. The smallest absolute Gasteiger partial charge is 0.330 e. The lowest BCUT2D eigenvalue weighted by Gasteiger charge is -2.01. The molecular weight excluding hydrogens is 300 g/mol. The molecule has 0 rings (SSSR count). The summed E-state index contributed by atoms with van der Waals surface area (Å²) >= 11 is 0. The molecule has 132 valence electrons. The van der Waals surface area contributed by atoms with Gasteiger partial charge in [-0.3, -0.25) is 0 Å². The van der Waals surface area contributed by atoms with Crippen LogP contribution < -0.4 is 0 Å². The Morgan fingerprint density at radius 1 is 1.13 bits per heavy atom. The summed E-state index contributed by atoms with van der Waals surface area (Å²) < 4.78 is 4.67. The minimum atomic E-state index is -0.981. The van der Waals surface area contributed by atoms with Crippen molar-refractivity contribution in [2.24, 2.45) is 5.92 Å². The van der Waals surface area contributed by atoms with Gasteiger partial charge < -0.3 is 14.9 Å². The summed E-state index contributed by atoms with van der Waals surface area (Å²) in [5.74, 6) is -1.81. The zero-order chi connectivity index (χ0) is 18.8. The molecule has 6 nitrogen and oxygen atoms in total. The van der Waals surface area contributed by atoms with E-state index in [1.807, 2.05) is 20.8 Å². The van der Waals surface area contributed by atoms with E-state index in [-0.39, 0.29) is 5.97 Å². The molecule has 0 aromatic rings. The Morgan fingerprint density at radius 2 is 1.61 bits per heavy atom. The fraction of sp³-hybridized carbons (Fsp3) is 0.471. The number of rotatable bonds is 8. The van der Waals surface area contributed by atoms with Gasteiger partial charge in [0.05, 0.1) is 6.61 Å². The second kappa shape index (κ2) is 17.7. The number of ether oxygens (including phenoxy) is 1. The molecule has 0 aliphatic rings. The van der Waals surface area contributed by atoms with Gasteiger partial charge in [-0.2, -0.15) is 0 Å². The van der Waals surface area contributed by atoms with Crippen LogP contribution in [0.3, 0.4) is 0 Å². The molecule has 0 heterocycles. The van der Waals surface area contributed by atoms with Crippen molar-refractivity contribution in [3.8, 4) is 0 Å². The first kappa shape index (κ1) is 25.6. The van der Waals surface area contributed by atoms with Crippen LogP contribution in [0.1, 0.15) is 40.0 Å². The zero-order valence-corrected chi connectivity index (χ0v) is 14.2. The Kier molecular flexibility index (Phi) is 19.7. The van der Waals surface area contributed by atoms with Crippen molar-refractivity contribution in [2.45, 2.75) is 40.0 Å². The molecule has 0 saturated heterocycles. The number of esters is 1. The highest BCUT2D eigenvalue weighted by Crippen LogP contribution is 2.07. The van der Waals surface area contributed by atoms with E-state index in [2.05, 4.69) is 24.5 Å². The predicted octanol–water partition coefficient (Wildman–Crippen LogP) is 3.45. The molecule has 0 atom stereocenters. The van der Waals surface area contributed by atoms with Gasteiger partial charge in [-0.1, -0.05) is 46.9 Å². The van der Waals surface area contributed by atoms with Crippen LogP contribution >= 0.6 is 0 Å². The molecular formula is C17H28O6. The van der Waals surface area contributed by atoms with Gasteiger partial charge in [-0.05, 0) is 18.8 Å². The number of carboxylic acids is 2. The van der Waals surface area contributed by atoms with E-state index in [0.717, 1.165) is 18.9 Å². The van der Waals surface area contributed by atoms with Crippen LogP contribution in [0, 0.1) is 5.92 Å². The van der Waals surface area contributed by atoms with Crippen LogP contribution in [0.2, 0.25) is 0 Å². The Bertz CT molecular complexity index is 396. The topological polar surface area (TPSA) is 101 Å². The second-order valence-corrected chi connectivity index (χ2v) is 4.77. The van der Waals surface area contributed by atoms with Gasteiger partial charge in [0, 0.05) is 17.7 Å². The Balaban J connectivity index is -0.000000273. The lowest BCUT2D eigenvalue weighted by atomic mass is 10.1. The molecule has 0 aromatic carbocycles. The highest BCUT2D eigenvalue weighted by atomic mass is 16.5. The van der Waals surface area contributed by atoms with Crippen LogP contribution in [0.5, 0.6) is 0 Å². The standard InChI is InChI=1S/2C7H12O2.C3H4O2/c1-5(2)4-6(3)7(8)9;1-3-5-6-9-7(8)4-2;1-2-3(4)5/h5H,3-4H2,1-2H3,(H,8,9);4H,2-3,5-6H2,1H3;2H,1H2,(H,4,5). The van der Waals surface area contributed by atoms with Crippen LogP contribution in [-0.2, 0) is 19.1 Å². The van der Waals surface area contributed by atoms with Crippen molar-refractivity contribution in [3.63, 3.8) is 0 Å². The first-order chi connectivity index (χ1) is 10.6. The normalized spacial score (nSPS) is 8.52. The lowest BCUT2D eigenvalue weighted by Crippen LogP contribution is -2.01. The zero-order valence-electron chi connectivity index (χ0n) is 14.2. The van der Waals surface area contributed by atoms with Gasteiger partial charge in [0.25, 0.3) is 0 Å². The summed E-state index contributed by atoms with van der Waals surface area (Å²) in [4.78, 5) is 29.7. The number of hydrogen-bond acceptors (Lipinski definition) is 4. The van der Waals surface area contributed by atoms with Gasteiger partial charge in [0.2, 0.25) is 0 Å². The highest BCUT2D eigenvalue weighted by molar-refractivity contribution is 5.85. The van der Waals surface area contributed by atoms with E-state index in [1.165, 1.54) is 6.08 Å². The number of carboxylic acid groups (broad SMARTS) is 2. The van der Waals surface area contributed by atoms with Crippen molar-refractivity contribution in [1.82, 2.24) is 0 Å². The van der Waals surface area contributed by atoms with Crippen LogP contribution in [0.15, 0.2) is 37.5 Å². The number of unbranched alkanes of at least 4 members (excludes halogenated alkanes) is 1. The first-order valence-corrected chi connectivity index (χ1v) is 7.17. The van der Waals surface area contributed by atoms with E-state index in [1.54, 1.807) is 0 Å². The summed E-state index contributed by atoms with van der Waals surface area (Å²) in [5.41, 5.74) is 0.296. The van der Waals surface area contributed by atoms with Crippen LogP contribution in [0.4, 0.5) is 0 Å². The fourth-order valence-corrected chi connectivity index (χ4v) is 0.956. The van der Waals surface area contributed by atoms with E-state index < -0.39 is 11.9 Å². The molecule has 0 radical (unpaired) electrons. The monoisotopic (exact) mass is 328 g/mol. The summed E-state index contributed by atoms with van der Waals surface area (Å²) in [7, 11) is 0. The molecule has 0 aliphatic heterocycles. The largest absolute Gasteiger partial charge is 0.478 e. The minimum Gasteiger partial charge on any atom is -0.478 e. The van der Waals surface area contributed by atoms with Gasteiger partial charge in [-0.25, -0.2) is 14.4 Å². The van der Waals surface area contributed by atoms with Crippen molar-refractivity contribution >= 4 is 17.9 Å². The molecule has 0 saturated carbocycles. The lowest BCUT2D eigenvalue weighted by molar-refractivity contribution is -0.138. The number of carbonyl (C=O) groups excluding carboxylic acids is 1. The highest BCUT2D eigenvalue weighted by Gasteiger charge is 2.04. The third-order valence-corrected chi connectivity index (χ3v) is 2.04. The maximum Gasteiger partial charge on any atom is 0.330 e. The molecule has 0 aliphatic carbocycles. The summed E-state index contributed by atoms with van der Waals surface area (Å²) in [6, 6.07) is 0. The van der Waals surface area contributed by atoms with Gasteiger partial charge in [0.15, 0.2) is 0 Å². The number of aliphatic carboxylic acids is 2. The summed E-state index contributed by atoms with van der Waals surface area (Å²) in [6.45, 7) is 16.1. The minimum absolute atomic E-state index is 0.296. The molecule has 2 N–H and O–H groups in total. The van der Waals surface area contributed by atoms with Crippen molar-refractivity contribution in [3.05, 3.63) is 37.5 Å². The third-order valence-electron chi connectivity index (χ3n) is 2.04. The van der Waals surface area contributed by atoms with E-state index in [4.69, 9.17) is 10.2 Å². The average molecular weight is 328 g/mol. The average Bonchev–Trinajstić information content (AvgIpc) is 2.47. The molecule has 0 unspecified atom stereocenters. The fourth-order valence-electron chi connectivity index (χ4n) is 0.956. The molecule has 0 amide bonds. The van der Waals surface area contributed by atoms with Crippen molar-refractivity contribution in [2.75, 3.05) is 6.61 Å². The predicted molar refractivity (Wildman–Crippen MR) is 90.1 cm³/mol.